The summed E-state index contributed by atoms with van der Waals surface area (Å²) in [5.41, 5.74) is 2.36. The van der Waals surface area contributed by atoms with Crippen molar-refractivity contribution >= 4 is 17.0 Å². The highest BCUT2D eigenvalue weighted by Crippen LogP contribution is 2.33. The number of nitrogens with zero attached hydrogens (tertiary/aromatic N) is 3. The summed E-state index contributed by atoms with van der Waals surface area (Å²) in [4.78, 5) is 4.36. The van der Waals surface area contributed by atoms with E-state index in [1.807, 2.05) is 36.4 Å². The van der Waals surface area contributed by atoms with E-state index in [1.54, 1.807) is 12.3 Å². The SMILES string of the molecule is N#CC(C#N)c1ccnc2c3c(ccc12)OCC=C3. The van der Waals surface area contributed by atoms with E-state index in [1.165, 1.54) is 0 Å². The summed E-state index contributed by atoms with van der Waals surface area (Å²) in [6.07, 6.45) is 5.51. The third-order valence-corrected chi connectivity index (χ3v) is 3.13. The van der Waals surface area contributed by atoms with E-state index in [4.69, 9.17) is 15.3 Å². The molecule has 0 spiro atoms. The normalized spacial score (nSPS) is 12.6. The lowest BCUT2D eigenvalue weighted by molar-refractivity contribution is 0.359. The highest BCUT2D eigenvalue weighted by molar-refractivity contribution is 5.93. The minimum absolute atomic E-state index is 0.553. The first-order valence-electron chi connectivity index (χ1n) is 5.85. The molecule has 1 aromatic carbocycles. The number of hydrogen-bond donors (Lipinski definition) is 0. The van der Waals surface area contributed by atoms with Crippen LogP contribution in [0.15, 0.2) is 30.5 Å². The fourth-order valence-electron chi connectivity index (χ4n) is 2.25. The molecule has 90 valence electrons. The molecule has 4 heteroatoms. The fraction of sp³-hybridized carbons (Fsp3) is 0.133. The molecule has 1 aliphatic heterocycles. The molecule has 0 atom stereocenters. The number of hydrogen-bond acceptors (Lipinski definition) is 4. The topological polar surface area (TPSA) is 69.7 Å². The molecule has 2 aromatic rings. The number of benzene rings is 1. The fourth-order valence-corrected chi connectivity index (χ4v) is 2.25. The van der Waals surface area contributed by atoms with Crippen LogP contribution in [0, 0.1) is 22.7 Å². The number of aromatic nitrogens is 1. The summed E-state index contributed by atoms with van der Waals surface area (Å²) in [6.45, 7) is 0.553. The van der Waals surface area contributed by atoms with Gasteiger partial charge >= 0.3 is 0 Å². The lowest BCUT2D eigenvalue weighted by Gasteiger charge is -2.15. The van der Waals surface area contributed by atoms with Gasteiger partial charge in [0.2, 0.25) is 0 Å². The number of nitriles is 2. The van der Waals surface area contributed by atoms with Gasteiger partial charge in [0, 0.05) is 17.1 Å². The zero-order chi connectivity index (χ0) is 13.2. The molecule has 0 unspecified atom stereocenters. The Balaban J connectivity index is 2.33. The molecule has 0 fully saturated rings. The number of fused-ring (bicyclic) bond motifs is 3. The van der Waals surface area contributed by atoms with Crippen molar-refractivity contribution in [3.8, 4) is 17.9 Å². The van der Waals surface area contributed by atoms with Gasteiger partial charge in [0.05, 0.1) is 17.7 Å². The minimum atomic E-state index is -0.781. The van der Waals surface area contributed by atoms with E-state index in [9.17, 15) is 0 Å². The second-order valence-electron chi connectivity index (χ2n) is 4.18. The molecule has 0 saturated heterocycles. The molecule has 0 bridgehead atoms. The minimum Gasteiger partial charge on any atom is -0.489 e. The van der Waals surface area contributed by atoms with E-state index < -0.39 is 5.92 Å². The smallest absolute Gasteiger partial charge is 0.158 e. The van der Waals surface area contributed by atoms with Crippen LogP contribution < -0.4 is 4.74 Å². The van der Waals surface area contributed by atoms with Gasteiger partial charge in [-0.2, -0.15) is 10.5 Å². The quantitative estimate of drug-likeness (QED) is 0.776. The summed E-state index contributed by atoms with van der Waals surface area (Å²) in [7, 11) is 0. The van der Waals surface area contributed by atoms with Crippen LogP contribution in [0.25, 0.3) is 17.0 Å². The lowest BCUT2D eigenvalue weighted by atomic mass is 9.96. The van der Waals surface area contributed by atoms with Crippen molar-refractivity contribution in [1.29, 1.82) is 10.5 Å². The maximum absolute atomic E-state index is 9.05. The van der Waals surface area contributed by atoms with Crippen molar-refractivity contribution in [2.24, 2.45) is 0 Å². The van der Waals surface area contributed by atoms with Gasteiger partial charge in [-0.15, -0.1) is 0 Å². The Morgan fingerprint density at radius 2 is 2.05 bits per heavy atom. The van der Waals surface area contributed by atoms with E-state index in [-0.39, 0.29) is 0 Å². The number of rotatable bonds is 1. The second-order valence-corrected chi connectivity index (χ2v) is 4.18. The highest BCUT2D eigenvalue weighted by atomic mass is 16.5. The van der Waals surface area contributed by atoms with Gasteiger partial charge < -0.3 is 4.74 Å². The van der Waals surface area contributed by atoms with Gasteiger partial charge in [0.25, 0.3) is 0 Å². The summed E-state index contributed by atoms with van der Waals surface area (Å²) in [6, 6.07) is 9.44. The van der Waals surface area contributed by atoms with Crippen LogP contribution in [-0.4, -0.2) is 11.6 Å². The standard InChI is InChI=1S/C15H9N3O/c16-8-10(9-17)11-5-6-18-15-12(11)3-4-14-13(15)2-1-7-19-14/h1-6,10H,7H2. The molecular formula is C15H9N3O. The zero-order valence-electron chi connectivity index (χ0n) is 10.00. The van der Waals surface area contributed by atoms with Crippen molar-refractivity contribution in [2.45, 2.75) is 5.92 Å². The van der Waals surface area contributed by atoms with Crippen molar-refractivity contribution in [2.75, 3.05) is 6.61 Å². The Morgan fingerprint density at radius 3 is 2.84 bits per heavy atom. The van der Waals surface area contributed by atoms with Crippen molar-refractivity contribution in [1.82, 2.24) is 4.98 Å². The second kappa shape index (κ2) is 4.44. The largest absolute Gasteiger partial charge is 0.489 e. The van der Waals surface area contributed by atoms with Crippen molar-refractivity contribution < 1.29 is 4.74 Å². The van der Waals surface area contributed by atoms with Crippen molar-refractivity contribution in [3.63, 3.8) is 0 Å². The van der Waals surface area contributed by atoms with Crippen LogP contribution in [0.4, 0.5) is 0 Å². The Labute approximate surface area is 110 Å². The van der Waals surface area contributed by atoms with Crippen LogP contribution in [0.5, 0.6) is 5.75 Å². The van der Waals surface area contributed by atoms with Crippen LogP contribution in [0.2, 0.25) is 0 Å². The maximum Gasteiger partial charge on any atom is 0.158 e. The Bertz CT molecular complexity index is 751. The summed E-state index contributed by atoms with van der Waals surface area (Å²) < 4.78 is 5.53. The first kappa shape index (κ1) is 11.3. The molecular weight excluding hydrogens is 238 g/mol. The van der Waals surface area contributed by atoms with Gasteiger partial charge in [0.1, 0.15) is 12.4 Å². The molecule has 0 N–H and O–H groups in total. The lowest BCUT2D eigenvalue weighted by Crippen LogP contribution is -2.02. The van der Waals surface area contributed by atoms with Crippen LogP contribution in [0.1, 0.15) is 17.0 Å². The Kier molecular flexibility index (Phi) is 2.63. The first-order valence-corrected chi connectivity index (χ1v) is 5.85. The van der Waals surface area contributed by atoms with Gasteiger partial charge in [-0.05, 0) is 35.9 Å². The molecule has 1 aromatic heterocycles. The summed E-state index contributed by atoms with van der Waals surface area (Å²) >= 11 is 0. The number of ether oxygens (including phenoxy) is 1. The molecule has 0 amide bonds. The molecule has 0 aliphatic carbocycles. The molecule has 1 aliphatic rings. The highest BCUT2D eigenvalue weighted by Gasteiger charge is 2.17. The predicted molar refractivity (Wildman–Crippen MR) is 70.2 cm³/mol. The molecule has 4 nitrogen and oxygen atoms in total. The summed E-state index contributed by atoms with van der Waals surface area (Å²) in [5, 5.41) is 18.9. The first-order chi connectivity index (χ1) is 9.35. The molecule has 2 heterocycles. The zero-order valence-corrected chi connectivity index (χ0v) is 10.00. The third kappa shape index (κ3) is 1.71. The average Bonchev–Trinajstić information content (AvgIpc) is 2.48. The van der Waals surface area contributed by atoms with Crippen LogP contribution in [0.3, 0.4) is 0 Å². The van der Waals surface area contributed by atoms with Crippen LogP contribution >= 0.6 is 0 Å². The van der Waals surface area contributed by atoms with E-state index in [0.29, 0.717) is 12.2 Å². The Morgan fingerprint density at radius 1 is 1.21 bits per heavy atom. The van der Waals surface area contributed by atoms with Gasteiger partial charge in [-0.25, -0.2) is 0 Å². The Hall–Kier alpha value is -2.85. The predicted octanol–water partition coefficient (Wildman–Crippen LogP) is 2.77. The average molecular weight is 247 g/mol. The number of pyridine rings is 1. The monoisotopic (exact) mass is 247 g/mol. The van der Waals surface area contributed by atoms with E-state index in [2.05, 4.69) is 4.98 Å². The van der Waals surface area contributed by atoms with Gasteiger partial charge in [-0.3, -0.25) is 4.98 Å². The van der Waals surface area contributed by atoms with E-state index in [0.717, 1.165) is 22.2 Å². The molecule has 0 saturated carbocycles. The third-order valence-electron chi connectivity index (χ3n) is 3.13. The van der Waals surface area contributed by atoms with Gasteiger partial charge in [-0.1, -0.05) is 0 Å². The van der Waals surface area contributed by atoms with E-state index >= 15 is 0 Å². The van der Waals surface area contributed by atoms with Gasteiger partial charge in [0.15, 0.2) is 5.92 Å². The maximum atomic E-state index is 9.05. The molecule has 3 rings (SSSR count). The summed E-state index contributed by atoms with van der Waals surface area (Å²) in [5.74, 6) is 0.00199. The molecule has 0 radical (unpaired) electrons. The van der Waals surface area contributed by atoms with Crippen LogP contribution in [-0.2, 0) is 0 Å². The van der Waals surface area contributed by atoms with Crippen molar-refractivity contribution in [3.05, 3.63) is 41.6 Å². The molecule has 19 heavy (non-hydrogen) atoms.